The van der Waals surface area contributed by atoms with Gasteiger partial charge in [0.25, 0.3) is 0 Å². The molecule has 4 N–H and O–H groups in total. The van der Waals surface area contributed by atoms with Crippen molar-refractivity contribution in [2.24, 2.45) is 23.3 Å². The van der Waals surface area contributed by atoms with E-state index in [9.17, 15) is 9.59 Å². The van der Waals surface area contributed by atoms with Crippen LogP contribution in [-0.4, -0.2) is 30.7 Å². The van der Waals surface area contributed by atoms with Crippen LogP contribution in [-0.2, 0) is 9.59 Å². The molecule has 0 spiro atoms. The Balaban J connectivity index is -0.000000143. The third kappa shape index (κ3) is 18.5. The Morgan fingerprint density at radius 2 is 0.923 bits per heavy atom. The Morgan fingerprint density at radius 1 is 0.846 bits per heavy atom. The quantitative estimate of drug-likeness (QED) is 0.581. The smallest absolute Gasteiger partial charge is 0.219 e. The first-order chi connectivity index (χ1) is 5.29. The van der Waals surface area contributed by atoms with Crippen LogP contribution in [0.15, 0.2) is 0 Å². The van der Waals surface area contributed by atoms with Gasteiger partial charge in [-0.2, -0.15) is 0 Å². The Bertz CT molecular complexity index is 140. The van der Waals surface area contributed by atoms with Crippen LogP contribution in [0.1, 0.15) is 27.7 Å². The number of hydrogen-bond acceptors (Lipinski definition) is 2. The van der Waals surface area contributed by atoms with Crippen LogP contribution in [0.5, 0.6) is 0 Å². The van der Waals surface area contributed by atoms with Crippen molar-refractivity contribution in [1.82, 2.24) is 0 Å². The van der Waals surface area contributed by atoms with Gasteiger partial charge in [0.15, 0.2) is 0 Å². The van der Waals surface area contributed by atoms with Gasteiger partial charge >= 0.3 is 0 Å². The second-order valence-corrected chi connectivity index (χ2v) is 3.11. The number of primary amides is 2. The zero-order valence-corrected chi connectivity index (χ0v) is 9.13. The normalized spacial score (nSPS) is 8.46. The molecule has 0 aliphatic carbocycles. The van der Waals surface area contributed by atoms with Crippen LogP contribution in [0, 0.1) is 11.8 Å². The summed E-state index contributed by atoms with van der Waals surface area (Å²) in [6, 6.07) is 0. The van der Waals surface area contributed by atoms with Gasteiger partial charge in [0.1, 0.15) is 0 Å². The largest absolute Gasteiger partial charge is 0.369 e. The van der Waals surface area contributed by atoms with Gasteiger partial charge in [0.05, 0.1) is 0 Å². The van der Waals surface area contributed by atoms with Crippen molar-refractivity contribution in [3.05, 3.63) is 0 Å². The molecule has 5 heteroatoms. The van der Waals surface area contributed by atoms with E-state index in [2.05, 4.69) is 0 Å². The first-order valence-electron chi connectivity index (χ1n) is 3.87. The topological polar surface area (TPSA) is 86.2 Å². The van der Waals surface area contributed by atoms with Gasteiger partial charge < -0.3 is 11.5 Å². The number of amides is 2. The fourth-order valence-corrected chi connectivity index (χ4v) is 0. The average Bonchev–Trinajstić information content (AvgIpc) is 1.88. The van der Waals surface area contributed by atoms with Crippen molar-refractivity contribution >= 4 is 30.7 Å². The number of nitrogens with two attached hydrogens (primary N) is 2. The van der Waals surface area contributed by atoms with Crippen molar-refractivity contribution in [2.45, 2.75) is 27.7 Å². The number of hydrogen-bond donors (Lipinski definition) is 2. The molecular weight excluding hydrogens is 163 g/mol. The van der Waals surface area contributed by atoms with Crippen molar-refractivity contribution in [3.63, 3.8) is 0 Å². The van der Waals surface area contributed by atoms with E-state index in [1.54, 1.807) is 27.7 Å². The summed E-state index contributed by atoms with van der Waals surface area (Å²) in [4.78, 5) is 19.8. The first-order valence-corrected chi connectivity index (χ1v) is 3.87. The molecule has 0 aliphatic heterocycles. The van der Waals surface area contributed by atoms with Crippen LogP contribution >= 0.6 is 0 Å². The maximum atomic E-state index is 9.92. The Labute approximate surface area is 91.6 Å². The second kappa shape index (κ2) is 9.62. The monoisotopic (exact) mass is 181 g/mol. The van der Waals surface area contributed by atoms with Gasteiger partial charge in [-0.05, 0) is 0 Å². The summed E-state index contributed by atoms with van der Waals surface area (Å²) < 4.78 is 0. The summed E-state index contributed by atoms with van der Waals surface area (Å²) in [5, 5.41) is 0. The molecule has 1 radical (unpaired) electrons. The van der Waals surface area contributed by atoms with Gasteiger partial charge in [0, 0.05) is 30.7 Å². The summed E-state index contributed by atoms with van der Waals surface area (Å²) in [5.41, 5.74) is 9.59. The summed E-state index contributed by atoms with van der Waals surface area (Å²) in [6.07, 6.45) is 0. The van der Waals surface area contributed by atoms with E-state index in [1.165, 1.54) is 0 Å². The SMILES string of the molecule is CC(C)C(N)=O.CC(C)C(N)=O.[Li]. The molecule has 0 bridgehead atoms. The van der Waals surface area contributed by atoms with E-state index in [-0.39, 0.29) is 42.5 Å². The second-order valence-electron chi connectivity index (χ2n) is 3.11. The van der Waals surface area contributed by atoms with Crippen LogP contribution in [0.2, 0.25) is 0 Å². The summed E-state index contributed by atoms with van der Waals surface area (Å²) in [5.74, 6) is -0.500. The number of carbonyl (C=O) groups is 2. The molecule has 0 aromatic rings. The molecule has 0 rings (SSSR count). The Hall–Kier alpha value is -0.463. The van der Waals surface area contributed by atoms with E-state index < -0.39 is 0 Å². The first kappa shape index (κ1) is 18.3. The minimum Gasteiger partial charge on any atom is -0.369 e. The summed E-state index contributed by atoms with van der Waals surface area (Å²) in [6.45, 7) is 7.06. The molecule has 0 heterocycles. The summed E-state index contributed by atoms with van der Waals surface area (Å²) in [7, 11) is 0. The molecule has 4 nitrogen and oxygen atoms in total. The fourth-order valence-electron chi connectivity index (χ4n) is 0. The van der Waals surface area contributed by atoms with Gasteiger partial charge in [0.2, 0.25) is 11.8 Å². The molecule has 73 valence electrons. The Kier molecular flexibility index (Phi) is 13.6. The number of carbonyl (C=O) groups excluding carboxylic acids is 2. The molecule has 0 aromatic heterocycles. The molecule has 2 amide bonds. The molecular formula is C8H18LiN2O2. The minimum absolute atomic E-state index is 0. The maximum absolute atomic E-state index is 9.92. The van der Waals surface area contributed by atoms with E-state index in [4.69, 9.17) is 11.5 Å². The van der Waals surface area contributed by atoms with Gasteiger partial charge in [-0.25, -0.2) is 0 Å². The van der Waals surface area contributed by atoms with E-state index >= 15 is 0 Å². The zero-order chi connectivity index (χ0) is 10.3. The zero-order valence-electron chi connectivity index (χ0n) is 9.13. The van der Waals surface area contributed by atoms with Crippen molar-refractivity contribution in [1.29, 1.82) is 0 Å². The van der Waals surface area contributed by atoms with Crippen molar-refractivity contribution in [2.75, 3.05) is 0 Å². The van der Waals surface area contributed by atoms with Crippen LogP contribution < -0.4 is 11.5 Å². The third-order valence-corrected chi connectivity index (χ3v) is 1.14. The fraction of sp³-hybridized carbons (Fsp3) is 0.750. The summed E-state index contributed by atoms with van der Waals surface area (Å²) >= 11 is 0. The molecule has 0 saturated carbocycles. The molecule has 0 aliphatic rings. The van der Waals surface area contributed by atoms with E-state index in [1.807, 2.05) is 0 Å². The maximum Gasteiger partial charge on any atom is 0.219 e. The molecule has 0 atom stereocenters. The number of rotatable bonds is 2. The van der Waals surface area contributed by atoms with Crippen LogP contribution in [0.4, 0.5) is 0 Å². The van der Waals surface area contributed by atoms with Crippen LogP contribution in [0.3, 0.4) is 0 Å². The predicted molar refractivity (Wildman–Crippen MR) is 53.8 cm³/mol. The molecule has 0 saturated heterocycles. The van der Waals surface area contributed by atoms with Gasteiger partial charge in [-0.3, -0.25) is 9.59 Å². The Morgan fingerprint density at radius 3 is 0.923 bits per heavy atom. The van der Waals surface area contributed by atoms with Crippen molar-refractivity contribution in [3.8, 4) is 0 Å². The molecule has 0 unspecified atom stereocenters. The standard InChI is InChI=1S/2C4H9NO.Li/c2*1-3(2)4(5)6;/h2*3H,1-2H3,(H2,5,6);. The van der Waals surface area contributed by atoms with Gasteiger partial charge in [-0.1, -0.05) is 27.7 Å². The molecule has 13 heavy (non-hydrogen) atoms. The molecule has 0 aromatic carbocycles. The average molecular weight is 181 g/mol. The third-order valence-electron chi connectivity index (χ3n) is 1.14. The van der Waals surface area contributed by atoms with E-state index in [0.717, 1.165) is 0 Å². The van der Waals surface area contributed by atoms with Crippen LogP contribution in [0.25, 0.3) is 0 Å². The van der Waals surface area contributed by atoms with E-state index in [0.29, 0.717) is 0 Å². The molecule has 0 fully saturated rings. The van der Waals surface area contributed by atoms with Gasteiger partial charge in [-0.15, -0.1) is 0 Å². The minimum atomic E-state index is -0.241. The predicted octanol–water partition coefficient (Wildman–Crippen LogP) is -0.125. The van der Waals surface area contributed by atoms with Crippen molar-refractivity contribution < 1.29 is 9.59 Å².